The molecule has 3 rings (SSSR count). The van der Waals surface area contributed by atoms with E-state index in [2.05, 4.69) is 4.98 Å². The second kappa shape index (κ2) is 3.63. The van der Waals surface area contributed by atoms with Crippen LogP contribution in [0.4, 0.5) is 5.69 Å². The summed E-state index contributed by atoms with van der Waals surface area (Å²) >= 11 is 0. The molecule has 0 bridgehead atoms. The minimum Gasteiger partial charge on any atom is -0.618 e. The van der Waals surface area contributed by atoms with Gasteiger partial charge >= 0.3 is 0 Å². The van der Waals surface area contributed by atoms with Crippen LogP contribution in [0, 0.1) is 15.3 Å². The van der Waals surface area contributed by atoms with Gasteiger partial charge in [-0.15, -0.1) is 0 Å². The molecule has 0 atom stereocenters. The van der Waals surface area contributed by atoms with Gasteiger partial charge in [-0.1, -0.05) is 12.1 Å². The Labute approximate surface area is 101 Å². The average Bonchev–Trinajstić information content (AvgIpc) is 2.38. The largest absolute Gasteiger partial charge is 0.618 e. The van der Waals surface area contributed by atoms with Crippen LogP contribution < -0.4 is 4.73 Å². The molecule has 6 heteroatoms. The Morgan fingerprint density at radius 1 is 1.22 bits per heavy atom. The standard InChI is InChI=1S/C12H7N3O3/c16-14-7-5-10(15(17)18)9-4-3-8-2-1-6-13-11(8)12(9)14/h1-7H. The molecule has 0 saturated heterocycles. The number of nitrogens with zero attached hydrogens (tertiary/aromatic N) is 3. The molecule has 0 unspecified atom stereocenters. The van der Waals surface area contributed by atoms with Crippen molar-refractivity contribution in [2.45, 2.75) is 0 Å². The number of benzene rings is 1. The van der Waals surface area contributed by atoms with E-state index in [-0.39, 0.29) is 11.2 Å². The number of fused-ring (bicyclic) bond motifs is 3. The molecule has 0 amide bonds. The third-order valence-electron chi connectivity index (χ3n) is 2.81. The molecule has 3 aromatic rings. The number of hydrogen-bond donors (Lipinski definition) is 0. The van der Waals surface area contributed by atoms with Gasteiger partial charge < -0.3 is 5.21 Å². The molecule has 88 valence electrons. The second-order valence-electron chi connectivity index (χ2n) is 3.82. The summed E-state index contributed by atoms with van der Waals surface area (Å²) in [4.78, 5) is 14.6. The van der Waals surface area contributed by atoms with Crippen molar-refractivity contribution >= 4 is 27.5 Å². The number of nitro groups is 1. The third kappa shape index (κ3) is 1.36. The lowest BCUT2D eigenvalue weighted by Gasteiger charge is -2.04. The van der Waals surface area contributed by atoms with Gasteiger partial charge in [0.05, 0.1) is 11.0 Å². The van der Waals surface area contributed by atoms with E-state index in [0.717, 1.165) is 11.6 Å². The Morgan fingerprint density at radius 2 is 2.06 bits per heavy atom. The lowest BCUT2D eigenvalue weighted by Crippen LogP contribution is -2.26. The molecule has 0 saturated carbocycles. The van der Waals surface area contributed by atoms with Crippen LogP contribution in [0.3, 0.4) is 0 Å². The Hall–Kier alpha value is -2.76. The van der Waals surface area contributed by atoms with E-state index in [9.17, 15) is 15.3 Å². The third-order valence-corrected chi connectivity index (χ3v) is 2.81. The molecule has 18 heavy (non-hydrogen) atoms. The summed E-state index contributed by atoms with van der Waals surface area (Å²) in [5.41, 5.74) is 0.598. The minimum atomic E-state index is -0.503. The lowest BCUT2D eigenvalue weighted by atomic mass is 10.1. The first-order valence-electron chi connectivity index (χ1n) is 5.22. The molecule has 1 aromatic carbocycles. The monoisotopic (exact) mass is 241 g/mol. The maximum atomic E-state index is 11.8. The molecule has 6 nitrogen and oxygen atoms in total. The van der Waals surface area contributed by atoms with Crippen LogP contribution in [0.15, 0.2) is 42.7 Å². The van der Waals surface area contributed by atoms with Gasteiger partial charge in [0.15, 0.2) is 6.20 Å². The van der Waals surface area contributed by atoms with E-state index in [1.54, 1.807) is 30.5 Å². The fourth-order valence-electron chi connectivity index (χ4n) is 2.02. The predicted molar refractivity (Wildman–Crippen MR) is 64.9 cm³/mol. The van der Waals surface area contributed by atoms with Crippen molar-refractivity contribution in [2.75, 3.05) is 0 Å². The highest BCUT2D eigenvalue weighted by Crippen LogP contribution is 2.27. The highest BCUT2D eigenvalue weighted by molar-refractivity contribution is 6.03. The maximum Gasteiger partial charge on any atom is 0.289 e. The Kier molecular flexibility index (Phi) is 2.09. The summed E-state index contributed by atoms with van der Waals surface area (Å²) in [6, 6.07) is 8.05. The molecule has 0 aliphatic rings. The quantitative estimate of drug-likeness (QED) is 0.214. The van der Waals surface area contributed by atoms with Crippen molar-refractivity contribution < 1.29 is 9.65 Å². The van der Waals surface area contributed by atoms with Crippen molar-refractivity contribution in [3.8, 4) is 0 Å². The molecule has 0 aliphatic heterocycles. The van der Waals surface area contributed by atoms with Crippen LogP contribution in [0.5, 0.6) is 0 Å². The van der Waals surface area contributed by atoms with E-state index in [4.69, 9.17) is 0 Å². The SMILES string of the molecule is O=[N+]([O-])c1cc[n+]([O-])c2c1ccc1cccnc12. The normalized spacial score (nSPS) is 10.9. The van der Waals surface area contributed by atoms with Gasteiger partial charge in [-0.3, -0.25) is 10.1 Å². The fourth-order valence-corrected chi connectivity index (χ4v) is 2.02. The molecule has 0 N–H and O–H groups in total. The zero-order chi connectivity index (χ0) is 12.7. The second-order valence-corrected chi connectivity index (χ2v) is 3.82. The number of rotatable bonds is 1. The highest BCUT2D eigenvalue weighted by Gasteiger charge is 2.20. The summed E-state index contributed by atoms with van der Waals surface area (Å²) < 4.78 is 0.609. The van der Waals surface area contributed by atoms with Crippen molar-refractivity contribution in [3.05, 3.63) is 58.0 Å². The topological polar surface area (TPSA) is 83.0 Å². The van der Waals surface area contributed by atoms with E-state index in [1.165, 1.54) is 6.07 Å². The average molecular weight is 241 g/mol. The number of hydrogen-bond acceptors (Lipinski definition) is 4. The summed E-state index contributed by atoms with van der Waals surface area (Å²) in [6.45, 7) is 0. The molecular weight excluding hydrogens is 234 g/mol. The minimum absolute atomic E-state index is 0.0929. The van der Waals surface area contributed by atoms with Crippen LogP contribution in [0.1, 0.15) is 0 Å². The Balaban J connectivity index is 2.58. The highest BCUT2D eigenvalue weighted by atomic mass is 16.6. The van der Waals surface area contributed by atoms with Gasteiger partial charge in [0, 0.05) is 11.6 Å². The molecular formula is C12H7N3O3. The molecule has 0 radical (unpaired) electrons. The van der Waals surface area contributed by atoms with Crippen LogP contribution in [0.25, 0.3) is 21.8 Å². The Bertz CT molecular complexity index is 786. The summed E-state index contributed by atoms with van der Waals surface area (Å²) in [5, 5.41) is 23.8. The van der Waals surface area contributed by atoms with Crippen molar-refractivity contribution in [3.63, 3.8) is 0 Å². The van der Waals surface area contributed by atoms with Crippen LogP contribution >= 0.6 is 0 Å². The van der Waals surface area contributed by atoms with Crippen molar-refractivity contribution in [1.29, 1.82) is 0 Å². The van der Waals surface area contributed by atoms with Crippen molar-refractivity contribution in [1.82, 2.24) is 4.98 Å². The van der Waals surface area contributed by atoms with Gasteiger partial charge in [0.25, 0.3) is 11.2 Å². The zero-order valence-corrected chi connectivity index (χ0v) is 9.11. The van der Waals surface area contributed by atoms with Gasteiger partial charge in [-0.2, -0.15) is 4.73 Å². The van der Waals surface area contributed by atoms with Crippen LogP contribution in [-0.4, -0.2) is 9.91 Å². The van der Waals surface area contributed by atoms with Gasteiger partial charge in [-0.05, 0) is 12.1 Å². The Morgan fingerprint density at radius 3 is 2.83 bits per heavy atom. The summed E-state index contributed by atoms with van der Waals surface area (Å²) in [6.07, 6.45) is 2.69. The fraction of sp³-hybridized carbons (Fsp3) is 0. The first-order chi connectivity index (χ1) is 8.68. The number of pyridine rings is 2. The lowest BCUT2D eigenvalue weighted by molar-refractivity contribution is -0.576. The first kappa shape index (κ1) is 10.4. The zero-order valence-electron chi connectivity index (χ0n) is 9.11. The van der Waals surface area contributed by atoms with E-state index < -0.39 is 4.92 Å². The summed E-state index contributed by atoms with van der Waals surface area (Å²) in [7, 11) is 0. The molecule has 0 fully saturated rings. The summed E-state index contributed by atoms with van der Waals surface area (Å²) in [5.74, 6) is 0. The van der Waals surface area contributed by atoms with E-state index in [1.807, 2.05) is 0 Å². The molecule has 0 spiro atoms. The first-order valence-corrected chi connectivity index (χ1v) is 5.22. The molecule has 2 aromatic heterocycles. The van der Waals surface area contributed by atoms with Crippen molar-refractivity contribution in [2.24, 2.45) is 0 Å². The van der Waals surface area contributed by atoms with E-state index in [0.29, 0.717) is 15.6 Å². The predicted octanol–water partition coefficient (Wildman–Crippen LogP) is 1.93. The van der Waals surface area contributed by atoms with Crippen LogP contribution in [0.2, 0.25) is 0 Å². The van der Waals surface area contributed by atoms with Gasteiger partial charge in [-0.25, -0.2) is 4.98 Å². The van der Waals surface area contributed by atoms with Crippen LogP contribution in [-0.2, 0) is 0 Å². The molecule has 2 heterocycles. The van der Waals surface area contributed by atoms with Gasteiger partial charge in [0.1, 0.15) is 10.9 Å². The van der Waals surface area contributed by atoms with Gasteiger partial charge in [0.2, 0.25) is 0 Å². The van der Waals surface area contributed by atoms with E-state index >= 15 is 0 Å². The molecule has 0 aliphatic carbocycles. The number of aromatic nitrogens is 2. The maximum absolute atomic E-state index is 11.8. The smallest absolute Gasteiger partial charge is 0.289 e.